The van der Waals surface area contributed by atoms with Crippen LogP contribution in [0.4, 0.5) is 17.1 Å². The Bertz CT molecular complexity index is 1140. The van der Waals surface area contributed by atoms with Gasteiger partial charge in [-0.05, 0) is 35.4 Å². The molecule has 2 heteroatoms. The number of anilines is 3. The Balaban J connectivity index is 1.80. The number of nitrogens with zero attached hydrogens (tertiary/aromatic N) is 1. The Morgan fingerprint density at radius 3 is 2.35 bits per heavy atom. The van der Waals surface area contributed by atoms with Crippen molar-refractivity contribution in [2.45, 2.75) is 0 Å². The van der Waals surface area contributed by atoms with Crippen LogP contribution in [-0.4, -0.2) is 0 Å². The lowest BCUT2D eigenvalue weighted by Crippen LogP contribution is -2.28. The van der Waals surface area contributed by atoms with Crippen LogP contribution in [0.25, 0.3) is 11.6 Å². The highest BCUT2D eigenvalue weighted by atomic mass is 15.1. The molecule has 5 rings (SSSR count). The quantitative estimate of drug-likeness (QED) is 0.753. The summed E-state index contributed by atoms with van der Waals surface area (Å²) in [7, 11) is 0. The van der Waals surface area contributed by atoms with Gasteiger partial charge in [-0.25, -0.2) is 0 Å². The molecule has 3 aromatic rings. The SMILES string of the molecule is C1=CN(c2ccccc2)c2c3c(ccc2=C1)=C(c1ccccc1)C=CN3. The standard InChI is InChI=1S/C24H18N2/c1-3-8-18(9-4-1)21-15-16-25-23-22(21)14-13-19-10-7-17-26(24(19)23)20-11-5-2-6-12-20/h1-17,25H. The fraction of sp³-hybridized carbons (Fsp3) is 0. The average molecular weight is 334 g/mol. The largest absolute Gasteiger partial charge is 0.359 e. The third-order valence-electron chi connectivity index (χ3n) is 4.85. The first kappa shape index (κ1) is 14.8. The number of para-hydroxylation sites is 1. The van der Waals surface area contributed by atoms with E-state index < -0.39 is 0 Å². The van der Waals surface area contributed by atoms with Gasteiger partial charge in [-0.3, -0.25) is 0 Å². The van der Waals surface area contributed by atoms with Crippen LogP contribution in [0.1, 0.15) is 5.56 Å². The highest BCUT2D eigenvalue weighted by Crippen LogP contribution is 2.31. The molecule has 0 spiro atoms. The van der Waals surface area contributed by atoms with Crippen molar-refractivity contribution in [2.75, 3.05) is 10.2 Å². The molecule has 3 aromatic carbocycles. The van der Waals surface area contributed by atoms with Gasteiger partial charge in [0, 0.05) is 28.5 Å². The maximum absolute atomic E-state index is 3.49. The molecule has 124 valence electrons. The van der Waals surface area contributed by atoms with Crippen molar-refractivity contribution >= 4 is 28.7 Å². The first-order chi connectivity index (χ1) is 12.9. The van der Waals surface area contributed by atoms with E-state index >= 15 is 0 Å². The Kier molecular flexibility index (Phi) is 3.46. The zero-order chi connectivity index (χ0) is 17.3. The summed E-state index contributed by atoms with van der Waals surface area (Å²) in [6, 6.07) is 25.4. The van der Waals surface area contributed by atoms with Gasteiger partial charge in [0.1, 0.15) is 0 Å². The first-order valence-electron chi connectivity index (χ1n) is 8.80. The van der Waals surface area contributed by atoms with Crippen LogP contribution in [-0.2, 0) is 0 Å². The van der Waals surface area contributed by atoms with Crippen LogP contribution < -0.4 is 20.7 Å². The zero-order valence-electron chi connectivity index (χ0n) is 14.3. The number of rotatable bonds is 2. The molecule has 0 saturated heterocycles. The van der Waals surface area contributed by atoms with E-state index in [0.29, 0.717) is 0 Å². The van der Waals surface area contributed by atoms with Crippen molar-refractivity contribution in [1.29, 1.82) is 0 Å². The predicted octanol–water partition coefficient (Wildman–Crippen LogP) is 4.27. The third-order valence-corrected chi connectivity index (χ3v) is 4.85. The molecule has 0 amide bonds. The second kappa shape index (κ2) is 6.08. The fourth-order valence-corrected chi connectivity index (χ4v) is 3.65. The molecular formula is C24H18N2. The molecule has 2 nitrogen and oxygen atoms in total. The van der Waals surface area contributed by atoms with Crippen molar-refractivity contribution in [2.24, 2.45) is 0 Å². The number of allylic oxidation sites excluding steroid dienone is 2. The van der Waals surface area contributed by atoms with Gasteiger partial charge in [0.25, 0.3) is 0 Å². The molecule has 0 aromatic heterocycles. The summed E-state index contributed by atoms with van der Waals surface area (Å²) in [6.45, 7) is 0. The van der Waals surface area contributed by atoms with Crippen molar-refractivity contribution in [3.05, 3.63) is 113 Å². The van der Waals surface area contributed by atoms with Gasteiger partial charge in [-0.1, -0.05) is 66.7 Å². The summed E-state index contributed by atoms with van der Waals surface area (Å²) in [5.41, 5.74) is 5.96. The normalized spacial score (nSPS) is 14.3. The van der Waals surface area contributed by atoms with Crippen molar-refractivity contribution < 1.29 is 0 Å². The van der Waals surface area contributed by atoms with Gasteiger partial charge in [-0.15, -0.1) is 0 Å². The Morgan fingerprint density at radius 1 is 0.769 bits per heavy atom. The van der Waals surface area contributed by atoms with E-state index in [4.69, 9.17) is 0 Å². The maximum Gasteiger partial charge on any atom is 0.0771 e. The van der Waals surface area contributed by atoms with E-state index in [1.807, 2.05) is 12.3 Å². The van der Waals surface area contributed by atoms with Crippen molar-refractivity contribution in [3.8, 4) is 0 Å². The topological polar surface area (TPSA) is 15.3 Å². The number of benzene rings is 3. The molecule has 2 heterocycles. The lowest BCUT2D eigenvalue weighted by molar-refractivity contribution is 1.24. The first-order valence-corrected chi connectivity index (χ1v) is 8.80. The Morgan fingerprint density at radius 2 is 1.54 bits per heavy atom. The van der Waals surface area contributed by atoms with E-state index in [0.717, 1.165) is 11.4 Å². The van der Waals surface area contributed by atoms with E-state index in [1.165, 1.54) is 27.3 Å². The smallest absolute Gasteiger partial charge is 0.0771 e. The minimum absolute atomic E-state index is 1.15. The second-order valence-corrected chi connectivity index (χ2v) is 6.40. The van der Waals surface area contributed by atoms with Gasteiger partial charge in [0.2, 0.25) is 0 Å². The molecule has 0 fully saturated rings. The summed E-state index contributed by atoms with van der Waals surface area (Å²) in [4.78, 5) is 2.25. The highest BCUT2D eigenvalue weighted by Gasteiger charge is 2.18. The van der Waals surface area contributed by atoms with Crippen molar-refractivity contribution in [3.63, 3.8) is 0 Å². The van der Waals surface area contributed by atoms with Crippen LogP contribution in [0.2, 0.25) is 0 Å². The van der Waals surface area contributed by atoms with Gasteiger partial charge >= 0.3 is 0 Å². The fourth-order valence-electron chi connectivity index (χ4n) is 3.65. The van der Waals surface area contributed by atoms with Crippen LogP contribution >= 0.6 is 0 Å². The summed E-state index contributed by atoms with van der Waals surface area (Å²) < 4.78 is 0. The van der Waals surface area contributed by atoms with E-state index in [9.17, 15) is 0 Å². The van der Waals surface area contributed by atoms with Gasteiger partial charge < -0.3 is 10.2 Å². The van der Waals surface area contributed by atoms with Crippen LogP contribution in [0, 0.1) is 0 Å². The van der Waals surface area contributed by atoms with Gasteiger partial charge in [0.05, 0.1) is 11.4 Å². The maximum atomic E-state index is 3.49. The van der Waals surface area contributed by atoms with Crippen LogP contribution in [0.3, 0.4) is 0 Å². The molecule has 0 radical (unpaired) electrons. The Hall–Kier alpha value is -3.52. The molecule has 26 heavy (non-hydrogen) atoms. The van der Waals surface area contributed by atoms with E-state index in [-0.39, 0.29) is 0 Å². The third kappa shape index (κ3) is 2.35. The summed E-state index contributed by atoms with van der Waals surface area (Å²) >= 11 is 0. The molecule has 1 N–H and O–H groups in total. The van der Waals surface area contributed by atoms with Crippen LogP contribution in [0.15, 0.2) is 97.3 Å². The molecule has 0 bridgehead atoms. The van der Waals surface area contributed by atoms with Crippen LogP contribution in [0.5, 0.6) is 0 Å². The number of hydrogen-bond donors (Lipinski definition) is 1. The summed E-state index contributed by atoms with van der Waals surface area (Å²) in [5, 5.41) is 5.93. The number of nitrogens with one attached hydrogen (secondary N) is 1. The average Bonchev–Trinajstić information content (AvgIpc) is 2.74. The minimum Gasteiger partial charge on any atom is -0.359 e. The number of fused-ring (bicyclic) bond motifs is 3. The highest BCUT2D eigenvalue weighted by molar-refractivity contribution is 5.88. The molecular weight excluding hydrogens is 316 g/mol. The molecule has 0 saturated carbocycles. The van der Waals surface area contributed by atoms with E-state index in [2.05, 4.69) is 101 Å². The zero-order valence-corrected chi connectivity index (χ0v) is 14.3. The minimum atomic E-state index is 1.15. The number of hydrogen-bond acceptors (Lipinski definition) is 2. The predicted molar refractivity (Wildman–Crippen MR) is 110 cm³/mol. The molecule has 0 unspecified atom stereocenters. The summed E-state index contributed by atoms with van der Waals surface area (Å²) in [5.74, 6) is 0. The van der Waals surface area contributed by atoms with Gasteiger partial charge in [0.15, 0.2) is 0 Å². The lowest BCUT2D eigenvalue weighted by Gasteiger charge is -2.27. The van der Waals surface area contributed by atoms with Gasteiger partial charge in [-0.2, -0.15) is 0 Å². The monoisotopic (exact) mass is 334 g/mol. The second-order valence-electron chi connectivity index (χ2n) is 6.40. The molecule has 2 aliphatic heterocycles. The Labute approximate surface area is 152 Å². The lowest BCUT2D eigenvalue weighted by atomic mass is 9.98. The summed E-state index contributed by atoms with van der Waals surface area (Å²) in [6.07, 6.45) is 10.6. The molecule has 0 aliphatic carbocycles. The molecule has 2 aliphatic rings. The molecule has 0 atom stereocenters. The van der Waals surface area contributed by atoms with E-state index in [1.54, 1.807) is 0 Å². The van der Waals surface area contributed by atoms with Crippen molar-refractivity contribution in [1.82, 2.24) is 0 Å².